The third-order valence-corrected chi connectivity index (χ3v) is 8.51. The molecular formula is C25H27N5O4S. The van der Waals surface area contributed by atoms with Crippen LogP contribution in [0.2, 0.25) is 0 Å². The van der Waals surface area contributed by atoms with E-state index in [0.29, 0.717) is 46.8 Å². The maximum Gasteiger partial charge on any atom is 0.254 e. The molecule has 1 aliphatic heterocycles. The summed E-state index contributed by atoms with van der Waals surface area (Å²) in [6, 6.07) is 10.5. The molecule has 0 N–H and O–H groups in total. The summed E-state index contributed by atoms with van der Waals surface area (Å²) >= 11 is 0. The monoisotopic (exact) mass is 493 g/mol. The maximum atomic E-state index is 13.7. The molecule has 1 aromatic carbocycles. The lowest BCUT2D eigenvalue weighted by atomic mass is 10.1. The van der Waals surface area contributed by atoms with Crippen LogP contribution in [0.3, 0.4) is 0 Å². The molecule has 4 aromatic rings. The van der Waals surface area contributed by atoms with Crippen LogP contribution in [0.1, 0.15) is 27.2 Å². The molecule has 0 atom stereocenters. The van der Waals surface area contributed by atoms with E-state index in [1.807, 2.05) is 26.8 Å². The molecule has 182 valence electrons. The van der Waals surface area contributed by atoms with Crippen LogP contribution in [0.25, 0.3) is 22.5 Å². The van der Waals surface area contributed by atoms with Crippen LogP contribution >= 0.6 is 0 Å². The molecule has 1 amide bonds. The van der Waals surface area contributed by atoms with Crippen LogP contribution in [0.15, 0.2) is 52.0 Å². The van der Waals surface area contributed by atoms with E-state index in [1.165, 1.54) is 4.31 Å². The van der Waals surface area contributed by atoms with Gasteiger partial charge in [-0.25, -0.2) is 13.4 Å². The first kappa shape index (κ1) is 23.3. The summed E-state index contributed by atoms with van der Waals surface area (Å²) in [5.41, 5.74) is 4.31. The molecule has 1 saturated heterocycles. The van der Waals surface area contributed by atoms with Gasteiger partial charge in [-0.2, -0.15) is 9.40 Å². The fraction of sp³-hybridized carbons (Fsp3) is 0.320. The van der Waals surface area contributed by atoms with Crippen LogP contribution in [-0.2, 0) is 17.1 Å². The van der Waals surface area contributed by atoms with E-state index in [4.69, 9.17) is 4.42 Å². The van der Waals surface area contributed by atoms with Crippen molar-refractivity contribution in [3.8, 4) is 11.5 Å². The van der Waals surface area contributed by atoms with Crippen LogP contribution in [0, 0.1) is 20.8 Å². The standard InChI is InChI=1S/C25H27N5O4S/c1-16-7-8-19(14-17(16)2)35(32,33)30-11-9-29(10-12-30)25(31)20-15-21(22-6-5-13-34-22)26-24-23(20)18(3)27-28(24)4/h5-8,13-15H,9-12H2,1-4H3. The first-order valence-corrected chi connectivity index (χ1v) is 12.9. The zero-order valence-electron chi connectivity index (χ0n) is 20.1. The minimum absolute atomic E-state index is 0.176. The van der Waals surface area contributed by atoms with Crippen molar-refractivity contribution < 1.29 is 17.6 Å². The van der Waals surface area contributed by atoms with Crippen molar-refractivity contribution in [2.45, 2.75) is 25.7 Å². The number of furan rings is 1. The average molecular weight is 494 g/mol. The van der Waals surface area contributed by atoms with Crippen molar-refractivity contribution >= 4 is 27.0 Å². The predicted molar refractivity (Wildman–Crippen MR) is 132 cm³/mol. The number of carbonyl (C=O) groups excluding carboxylic acids is 1. The topological polar surface area (TPSA) is 102 Å². The molecule has 0 bridgehead atoms. The van der Waals surface area contributed by atoms with Crippen molar-refractivity contribution in [3.63, 3.8) is 0 Å². The lowest BCUT2D eigenvalue weighted by Crippen LogP contribution is -2.50. The average Bonchev–Trinajstić information content (AvgIpc) is 3.48. The van der Waals surface area contributed by atoms with Gasteiger partial charge in [0.2, 0.25) is 10.0 Å². The Labute approximate surface area is 204 Å². The number of pyridine rings is 1. The van der Waals surface area contributed by atoms with E-state index in [0.717, 1.165) is 11.1 Å². The number of nitrogens with zero attached hydrogens (tertiary/aromatic N) is 5. The normalized spacial score (nSPS) is 15.1. The van der Waals surface area contributed by atoms with E-state index >= 15 is 0 Å². The van der Waals surface area contributed by atoms with Crippen LogP contribution in [0.4, 0.5) is 0 Å². The molecule has 10 heteroatoms. The van der Waals surface area contributed by atoms with Gasteiger partial charge >= 0.3 is 0 Å². The van der Waals surface area contributed by atoms with Gasteiger partial charge in [0.1, 0.15) is 5.69 Å². The summed E-state index contributed by atoms with van der Waals surface area (Å²) in [4.78, 5) is 20.3. The highest BCUT2D eigenvalue weighted by Gasteiger charge is 2.32. The zero-order valence-corrected chi connectivity index (χ0v) is 21.0. The number of hydrogen-bond acceptors (Lipinski definition) is 6. The van der Waals surface area contributed by atoms with E-state index in [-0.39, 0.29) is 23.9 Å². The van der Waals surface area contributed by atoms with Crippen molar-refractivity contribution in [1.29, 1.82) is 0 Å². The molecule has 35 heavy (non-hydrogen) atoms. The van der Waals surface area contributed by atoms with Crippen molar-refractivity contribution in [3.05, 3.63) is 65.0 Å². The summed E-state index contributed by atoms with van der Waals surface area (Å²) < 4.78 is 35.0. The van der Waals surface area contributed by atoms with Gasteiger partial charge in [0.25, 0.3) is 5.91 Å². The van der Waals surface area contributed by atoms with Gasteiger partial charge in [0.05, 0.1) is 27.8 Å². The Bertz CT molecular complexity index is 1530. The lowest BCUT2D eigenvalue weighted by molar-refractivity contribution is 0.0700. The Kier molecular flexibility index (Phi) is 5.72. The van der Waals surface area contributed by atoms with Gasteiger partial charge < -0.3 is 9.32 Å². The van der Waals surface area contributed by atoms with Crippen molar-refractivity contribution in [2.75, 3.05) is 26.2 Å². The highest BCUT2D eigenvalue weighted by atomic mass is 32.2. The molecule has 0 saturated carbocycles. The van der Waals surface area contributed by atoms with Gasteiger partial charge in [0.15, 0.2) is 11.4 Å². The van der Waals surface area contributed by atoms with Crippen molar-refractivity contribution in [1.82, 2.24) is 24.0 Å². The number of benzene rings is 1. The van der Waals surface area contributed by atoms with Gasteiger partial charge in [-0.1, -0.05) is 6.07 Å². The number of carbonyl (C=O) groups is 1. The van der Waals surface area contributed by atoms with E-state index in [1.54, 1.807) is 53.2 Å². The number of aryl methyl sites for hydroxylation is 4. The van der Waals surface area contributed by atoms with Crippen LogP contribution in [0.5, 0.6) is 0 Å². The molecule has 0 spiro atoms. The number of aromatic nitrogens is 3. The summed E-state index contributed by atoms with van der Waals surface area (Å²) in [7, 11) is -1.84. The van der Waals surface area contributed by atoms with Crippen LogP contribution in [-0.4, -0.2) is 64.5 Å². The number of hydrogen-bond donors (Lipinski definition) is 0. The second-order valence-corrected chi connectivity index (χ2v) is 10.8. The van der Waals surface area contributed by atoms with Gasteiger partial charge in [-0.3, -0.25) is 9.48 Å². The highest BCUT2D eigenvalue weighted by Crippen LogP contribution is 2.29. The Morgan fingerprint density at radius 1 is 1.00 bits per heavy atom. The molecule has 5 rings (SSSR count). The summed E-state index contributed by atoms with van der Waals surface area (Å²) in [5, 5.41) is 5.15. The Hall–Kier alpha value is -3.50. The van der Waals surface area contributed by atoms with Crippen molar-refractivity contribution in [2.24, 2.45) is 7.05 Å². The van der Waals surface area contributed by atoms with E-state index < -0.39 is 10.0 Å². The molecule has 9 nitrogen and oxygen atoms in total. The van der Waals surface area contributed by atoms with Gasteiger partial charge in [-0.05, 0) is 62.2 Å². The minimum Gasteiger partial charge on any atom is -0.463 e. The Balaban J connectivity index is 1.42. The van der Waals surface area contributed by atoms with Gasteiger partial charge in [0, 0.05) is 33.2 Å². The largest absolute Gasteiger partial charge is 0.463 e. The molecule has 0 aliphatic carbocycles. The molecule has 3 aromatic heterocycles. The number of sulfonamides is 1. The first-order chi connectivity index (χ1) is 16.7. The summed E-state index contributed by atoms with van der Waals surface area (Å²) in [6.45, 7) is 6.75. The molecular weight excluding hydrogens is 466 g/mol. The SMILES string of the molecule is Cc1ccc(S(=O)(=O)N2CCN(C(=O)c3cc(-c4ccco4)nc4c3c(C)nn4C)CC2)cc1C. The maximum absolute atomic E-state index is 13.7. The number of amides is 1. The molecule has 1 fully saturated rings. The van der Waals surface area contributed by atoms with E-state index in [2.05, 4.69) is 10.1 Å². The third-order valence-electron chi connectivity index (χ3n) is 6.61. The summed E-state index contributed by atoms with van der Waals surface area (Å²) in [5.74, 6) is 0.383. The number of fused-ring (bicyclic) bond motifs is 1. The fourth-order valence-corrected chi connectivity index (χ4v) is 6.00. The predicted octanol–water partition coefficient (Wildman–Crippen LogP) is 3.30. The molecule has 1 aliphatic rings. The van der Waals surface area contributed by atoms with E-state index in [9.17, 15) is 13.2 Å². The minimum atomic E-state index is -3.63. The number of piperazine rings is 1. The smallest absolute Gasteiger partial charge is 0.254 e. The van der Waals surface area contributed by atoms with Gasteiger partial charge in [-0.15, -0.1) is 0 Å². The lowest BCUT2D eigenvalue weighted by Gasteiger charge is -2.34. The Morgan fingerprint density at radius 2 is 1.74 bits per heavy atom. The molecule has 0 unspecified atom stereocenters. The summed E-state index contributed by atoms with van der Waals surface area (Å²) in [6.07, 6.45) is 1.56. The highest BCUT2D eigenvalue weighted by molar-refractivity contribution is 7.89. The second-order valence-electron chi connectivity index (χ2n) is 8.88. The fourth-order valence-electron chi connectivity index (χ4n) is 4.49. The molecule has 4 heterocycles. The zero-order chi connectivity index (χ0) is 24.9. The quantitative estimate of drug-likeness (QED) is 0.432. The Morgan fingerprint density at radius 3 is 2.40 bits per heavy atom. The second kappa shape index (κ2) is 8.62. The first-order valence-electron chi connectivity index (χ1n) is 11.4. The molecule has 0 radical (unpaired) electrons. The number of rotatable bonds is 4. The van der Waals surface area contributed by atoms with Crippen LogP contribution < -0.4 is 0 Å². The third kappa shape index (κ3) is 4.02.